The van der Waals surface area contributed by atoms with Gasteiger partial charge in [0.05, 0.1) is 5.69 Å². The second-order valence-electron chi connectivity index (χ2n) is 4.23. The van der Waals surface area contributed by atoms with Crippen molar-refractivity contribution in [1.29, 1.82) is 0 Å². The summed E-state index contributed by atoms with van der Waals surface area (Å²) in [5, 5.41) is 3.11. The van der Waals surface area contributed by atoms with Crippen LogP contribution in [0.2, 0.25) is 0 Å². The first kappa shape index (κ1) is 12.5. The van der Waals surface area contributed by atoms with Gasteiger partial charge in [-0.1, -0.05) is 12.1 Å². The van der Waals surface area contributed by atoms with E-state index in [2.05, 4.69) is 26.3 Å². The first-order valence-corrected chi connectivity index (χ1v) is 6.00. The number of hydrogen-bond acceptors (Lipinski definition) is 4. The van der Waals surface area contributed by atoms with E-state index in [0.717, 1.165) is 24.6 Å². The van der Waals surface area contributed by atoms with Crippen LogP contribution in [0.3, 0.4) is 0 Å². The maximum atomic E-state index is 4.60. The summed E-state index contributed by atoms with van der Waals surface area (Å²) >= 11 is 0. The van der Waals surface area contributed by atoms with E-state index in [1.807, 2.05) is 44.6 Å². The molecule has 0 atom stereocenters. The van der Waals surface area contributed by atoms with Gasteiger partial charge in [-0.15, -0.1) is 0 Å². The molecule has 0 aliphatic rings. The molecule has 18 heavy (non-hydrogen) atoms. The Bertz CT molecular complexity index is 484. The van der Waals surface area contributed by atoms with Gasteiger partial charge in [0.2, 0.25) is 0 Å². The third-order valence-corrected chi connectivity index (χ3v) is 2.68. The molecule has 0 bridgehead atoms. The highest BCUT2D eigenvalue weighted by Crippen LogP contribution is 2.12. The zero-order valence-electron chi connectivity index (χ0n) is 10.8. The van der Waals surface area contributed by atoms with Gasteiger partial charge in [0.1, 0.15) is 5.82 Å². The lowest BCUT2D eigenvalue weighted by Gasteiger charge is -2.18. The van der Waals surface area contributed by atoms with Crippen LogP contribution in [0.5, 0.6) is 0 Å². The van der Waals surface area contributed by atoms with Gasteiger partial charge < -0.3 is 10.2 Å². The lowest BCUT2D eigenvalue weighted by Crippen LogP contribution is -2.18. The third kappa shape index (κ3) is 3.28. The monoisotopic (exact) mass is 242 g/mol. The third-order valence-electron chi connectivity index (χ3n) is 2.68. The van der Waals surface area contributed by atoms with E-state index in [9.17, 15) is 0 Å². The van der Waals surface area contributed by atoms with Crippen molar-refractivity contribution in [3.05, 3.63) is 54.0 Å². The summed E-state index contributed by atoms with van der Waals surface area (Å²) in [7, 11) is 3.96. The summed E-state index contributed by atoms with van der Waals surface area (Å²) in [4.78, 5) is 10.8. The molecule has 0 saturated carbocycles. The van der Waals surface area contributed by atoms with Crippen molar-refractivity contribution in [3.8, 4) is 0 Å². The minimum atomic E-state index is 0.786. The van der Waals surface area contributed by atoms with Crippen LogP contribution in [0.1, 0.15) is 11.3 Å². The minimum absolute atomic E-state index is 0.786. The van der Waals surface area contributed by atoms with Crippen LogP contribution in [-0.4, -0.2) is 24.1 Å². The quantitative estimate of drug-likeness (QED) is 0.868. The zero-order valence-corrected chi connectivity index (χ0v) is 10.8. The highest BCUT2D eigenvalue weighted by molar-refractivity contribution is 5.39. The van der Waals surface area contributed by atoms with Crippen molar-refractivity contribution in [3.63, 3.8) is 0 Å². The van der Waals surface area contributed by atoms with Crippen LogP contribution < -0.4 is 10.2 Å². The van der Waals surface area contributed by atoms with Gasteiger partial charge in [-0.25, -0.2) is 4.98 Å². The number of rotatable bonds is 5. The summed E-state index contributed by atoms with van der Waals surface area (Å²) in [5.74, 6) is 0.978. The normalized spacial score (nSPS) is 10.3. The smallest absolute Gasteiger partial charge is 0.128 e. The van der Waals surface area contributed by atoms with E-state index in [1.165, 1.54) is 5.56 Å². The molecule has 0 aliphatic carbocycles. The van der Waals surface area contributed by atoms with Crippen molar-refractivity contribution in [2.75, 3.05) is 19.0 Å². The van der Waals surface area contributed by atoms with Crippen LogP contribution in [-0.2, 0) is 13.1 Å². The minimum Gasteiger partial charge on any atom is -0.355 e. The van der Waals surface area contributed by atoms with Gasteiger partial charge in [0.25, 0.3) is 0 Å². The van der Waals surface area contributed by atoms with Gasteiger partial charge in [-0.2, -0.15) is 0 Å². The first-order valence-electron chi connectivity index (χ1n) is 6.00. The molecule has 0 aromatic carbocycles. The molecular formula is C14H18N4. The van der Waals surface area contributed by atoms with Gasteiger partial charge in [0.15, 0.2) is 0 Å². The number of nitrogens with zero attached hydrogens (tertiary/aromatic N) is 3. The van der Waals surface area contributed by atoms with Gasteiger partial charge in [0, 0.05) is 32.5 Å². The number of hydrogen-bond donors (Lipinski definition) is 1. The Labute approximate surface area is 108 Å². The number of aromatic nitrogens is 2. The van der Waals surface area contributed by atoms with Crippen LogP contribution >= 0.6 is 0 Å². The zero-order chi connectivity index (χ0) is 12.8. The maximum absolute atomic E-state index is 4.60. The SMILES string of the molecule is CNCc1cccc(N(C)Cc2cccnc2)n1. The summed E-state index contributed by atoms with van der Waals surface area (Å²) in [6.07, 6.45) is 3.67. The Hall–Kier alpha value is -1.94. The predicted octanol–water partition coefficient (Wildman–Crippen LogP) is 1.83. The van der Waals surface area contributed by atoms with E-state index in [-0.39, 0.29) is 0 Å². The largest absolute Gasteiger partial charge is 0.355 e. The molecule has 0 radical (unpaired) electrons. The molecule has 1 N–H and O–H groups in total. The van der Waals surface area contributed by atoms with Gasteiger partial charge in [-0.3, -0.25) is 4.98 Å². The number of pyridine rings is 2. The van der Waals surface area contributed by atoms with Crippen molar-refractivity contribution in [1.82, 2.24) is 15.3 Å². The van der Waals surface area contributed by atoms with Crippen LogP contribution in [0.4, 0.5) is 5.82 Å². The molecule has 94 valence electrons. The molecule has 0 unspecified atom stereocenters. The van der Waals surface area contributed by atoms with Crippen molar-refractivity contribution in [2.24, 2.45) is 0 Å². The summed E-state index contributed by atoms with van der Waals surface area (Å²) < 4.78 is 0. The molecule has 4 nitrogen and oxygen atoms in total. The molecular weight excluding hydrogens is 224 g/mol. The Morgan fingerprint density at radius 2 is 2.11 bits per heavy atom. The fourth-order valence-electron chi connectivity index (χ4n) is 1.81. The molecule has 2 rings (SSSR count). The number of nitrogens with one attached hydrogen (secondary N) is 1. The summed E-state index contributed by atoms with van der Waals surface area (Å²) in [5.41, 5.74) is 2.23. The molecule has 2 heterocycles. The lowest BCUT2D eigenvalue weighted by molar-refractivity contribution is 0.783. The molecule has 0 fully saturated rings. The second kappa shape index (κ2) is 6.12. The molecule has 2 aromatic rings. The van der Waals surface area contributed by atoms with Crippen LogP contribution in [0, 0.1) is 0 Å². The Morgan fingerprint density at radius 1 is 1.22 bits per heavy atom. The van der Waals surface area contributed by atoms with E-state index >= 15 is 0 Å². The topological polar surface area (TPSA) is 41.0 Å². The average Bonchev–Trinajstić information content (AvgIpc) is 2.40. The molecule has 0 saturated heterocycles. The molecule has 2 aromatic heterocycles. The van der Waals surface area contributed by atoms with Crippen LogP contribution in [0.15, 0.2) is 42.7 Å². The molecule has 0 amide bonds. The van der Waals surface area contributed by atoms with Crippen molar-refractivity contribution < 1.29 is 0 Å². The molecule has 0 aliphatic heterocycles. The highest BCUT2D eigenvalue weighted by atomic mass is 15.2. The van der Waals surface area contributed by atoms with Crippen LogP contribution in [0.25, 0.3) is 0 Å². The molecule has 4 heteroatoms. The fourth-order valence-corrected chi connectivity index (χ4v) is 1.81. The van der Waals surface area contributed by atoms with Gasteiger partial charge >= 0.3 is 0 Å². The average molecular weight is 242 g/mol. The second-order valence-corrected chi connectivity index (χ2v) is 4.23. The Kier molecular flexibility index (Phi) is 4.25. The van der Waals surface area contributed by atoms with Gasteiger partial charge in [-0.05, 0) is 30.8 Å². The van der Waals surface area contributed by atoms with E-state index in [1.54, 1.807) is 6.20 Å². The van der Waals surface area contributed by atoms with Crippen molar-refractivity contribution in [2.45, 2.75) is 13.1 Å². The first-order chi connectivity index (χ1) is 8.79. The van der Waals surface area contributed by atoms with E-state index in [0.29, 0.717) is 0 Å². The predicted molar refractivity (Wildman–Crippen MR) is 73.3 cm³/mol. The highest BCUT2D eigenvalue weighted by Gasteiger charge is 2.04. The number of anilines is 1. The Balaban J connectivity index is 2.08. The maximum Gasteiger partial charge on any atom is 0.128 e. The molecule has 0 spiro atoms. The lowest BCUT2D eigenvalue weighted by atomic mass is 10.2. The summed E-state index contributed by atoms with van der Waals surface area (Å²) in [6.45, 7) is 1.60. The van der Waals surface area contributed by atoms with E-state index in [4.69, 9.17) is 0 Å². The standard InChI is InChI=1S/C14H18N4/c1-15-10-13-6-3-7-14(17-13)18(2)11-12-5-4-8-16-9-12/h3-9,15H,10-11H2,1-2H3. The van der Waals surface area contributed by atoms with Crippen molar-refractivity contribution >= 4 is 5.82 Å². The fraction of sp³-hybridized carbons (Fsp3) is 0.286. The Morgan fingerprint density at radius 3 is 2.83 bits per heavy atom. The summed E-state index contributed by atoms with van der Waals surface area (Å²) in [6, 6.07) is 10.1. The van der Waals surface area contributed by atoms with E-state index < -0.39 is 0 Å².